The number of amides is 1. The second kappa shape index (κ2) is 8.79. The Balaban J connectivity index is 1.46. The van der Waals surface area contributed by atoms with Crippen LogP contribution in [0.1, 0.15) is 30.9 Å². The number of carbonyl (C=O) groups excluding carboxylic acids is 1. The fourth-order valence-corrected chi connectivity index (χ4v) is 3.16. The molecule has 2 atom stereocenters. The lowest BCUT2D eigenvalue weighted by Crippen LogP contribution is -2.40. The maximum atomic E-state index is 12.4. The molecule has 1 fully saturated rings. The highest BCUT2D eigenvalue weighted by Gasteiger charge is 2.24. The van der Waals surface area contributed by atoms with Crippen LogP contribution < -0.4 is 10.6 Å². The molecule has 0 aromatic heterocycles. The van der Waals surface area contributed by atoms with Crippen molar-refractivity contribution in [2.24, 2.45) is 5.92 Å². The van der Waals surface area contributed by atoms with Gasteiger partial charge in [-0.25, -0.2) is 0 Å². The molecule has 1 saturated heterocycles. The molecule has 1 heterocycles. The zero-order chi connectivity index (χ0) is 17.5. The Morgan fingerprint density at radius 1 is 1.08 bits per heavy atom. The summed E-state index contributed by atoms with van der Waals surface area (Å²) >= 11 is 0. The molecule has 25 heavy (non-hydrogen) atoms. The SMILES string of the molecule is C[C@H]1C[C@@H](C(=O)Nc2ccc(COCc3ccccc3)cc2)CCN1. The summed E-state index contributed by atoms with van der Waals surface area (Å²) in [4.78, 5) is 12.4. The summed E-state index contributed by atoms with van der Waals surface area (Å²) in [5.41, 5.74) is 3.12. The quantitative estimate of drug-likeness (QED) is 0.844. The maximum Gasteiger partial charge on any atom is 0.227 e. The van der Waals surface area contributed by atoms with E-state index in [9.17, 15) is 4.79 Å². The van der Waals surface area contributed by atoms with E-state index in [2.05, 4.69) is 29.7 Å². The van der Waals surface area contributed by atoms with Crippen LogP contribution in [0.5, 0.6) is 0 Å². The van der Waals surface area contributed by atoms with Crippen molar-refractivity contribution in [3.8, 4) is 0 Å². The molecule has 4 nitrogen and oxygen atoms in total. The number of carbonyl (C=O) groups is 1. The first-order valence-corrected chi connectivity index (χ1v) is 8.95. The van der Waals surface area contributed by atoms with Crippen molar-refractivity contribution in [1.82, 2.24) is 5.32 Å². The lowest BCUT2D eigenvalue weighted by molar-refractivity contribution is -0.120. The molecule has 132 valence electrons. The smallest absolute Gasteiger partial charge is 0.227 e. The number of benzene rings is 2. The molecule has 3 rings (SSSR count). The summed E-state index contributed by atoms with van der Waals surface area (Å²) in [5.74, 6) is 0.228. The number of piperidine rings is 1. The first-order chi connectivity index (χ1) is 12.2. The number of anilines is 1. The highest BCUT2D eigenvalue weighted by Crippen LogP contribution is 2.19. The van der Waals surface area contributed by atoms with E-state index in [1.807, 2.05) is 42.5 Å². The van der Waals surface area contributed by atoms with Gasteiger partial charge in [0, 0.05) is 17.6 Å². The molecule has 1 amide bonds. The van der Waals surface area contributed by atoms with Crippen molar-refractivity contribution in [3.63, 3.8) is 0 Å². The van der Waals surface area contributed by atoms with Gasteiger partial charge < -0.3 is 15.4 Å². The van der Waals surface area contributed by atoms with E-state index in [1.54, 1.807) is 0 Å². The van der Waals surface area contributed by atoms with Crippen LogP contribution in [0.4, 0.5) is 5.69 Å². The molecule has 0 radical (unpaired) electrons. The third kappa shape index (κ3) is 5.41. The molecule has 0 spiro atoms. The van der Waals surface area contributed by atoms with E-state index in [0.717, 1.165) is 30.6 Å². The molecule has 0 unspecified atom stereocenters. The van der Waals surface area contributed by atoms with Crippen molar-refractivity contribution in [1.29, 1.82) is 0 Å². The molecule has 4 heteroatoms. The number of hydrogen-bond acceptors (Lipinski definition) is 3. The summed E-state index contributed by atoms with van der Waals surface area (Å²) in [6, 6.07) is 18.5. The van der Waals surface area contributed by atoms with E-state index in [4.69, 9.17) is 4.74 Å². The Bertz CT molecular complexity index is 670. The standard InChI is InChI=1S/C21H26N2O2/c1-16-13-19(11-12-22-16)21(24)23-20-9-7-18(8-10-20)15-25-14-17-5-3-2-4-6-17/h2-10,16,19,22H,11-15H2,1H3,(H,23,24)/t16-,19-/m0/s1. The van der Waals surface area contributed by atoms with E-state index in [1.165, 1.54) is 5.56 Å². The summed E-state index contributed by atoms with van der Waals surface area (Å²) in [6.45, 7) is 4.21. The molecule has 2 aromatic rings. The minimum absolute atomic E-state index is 0.102. The largest absolute Gasteiger partial charge is 0.372 e. The number of hydrogen-bond donors (Lipinski definition) is 2. The Morgan fingerprint density at radius 2 is 1.76 bits per heavy atom. The van der Waals surface area contributed by atoms with E-state index >= 15 is 0 Å². The van der Waals surface area contributed by atoms with E-state index < -0.39 is 0 Å². The second-order valence-corrected chi connectivity index (χ2v) is 6.74. The van der Waals surface area contributed by atoms with Crippen LogP contribution >= 0.6 is 0 Å². The maximum absolute atomic E-state index is 12.4. The first-order valence-electron chi connectivity index (χ1n) is 8.95. The highest BCUT2D eigenvalue weighted by molar-refractivity contribution is 5.92. The zero-order valence-electron chi connectivity index (χ0n) is 14.7. The van der Waals surface area contributed by atoms with Crippen molar-refractivity contribution in [2.45, 2.75) is 39.0 Å². The second-order valence-electron chi connectivity index (χ2n) is 6.74. The van der Waals surface area contributed by atoms with Gasteiger partial charge in [-0.15, -0.1) is 0 Å². The molecular formula is C21H26N2O2. The minimum atomic E-state index is 0.102. The predicted molar refractivity (Wildman–Crippen MR) is 100 cm³/mol. The Morgan fingerprint density at radius 3 is 2.44 bits per heavy atom. The average Bonchev–Trinajstić information content (AvgIpc) is 2.64. The van der Waals surface area contributed by atoms with Crippen LogP contribution in [-0.4, -0.2) is 18.5 Å². The van der Waals surface area contributed by atoms with Gasteiger partial charge in [-0.05, 0) is 49.6 Å². The number of rotatable bonds is 6. The van der Waals surface area contributed by atoms with Crippen LogP contribution in [0.25, 0.3) is 0 Å². The topological polar surface area (TPSA) is 50.4 Å². The lowest BCUT2D eigenvalue weighted by Gasteiger charge is -2.27. The van der Waals surface area contributed by atoms with Crippen LogP contribution in [0, 0.1) is 5.92 Å². The van der Waals surface area contributed by atoms with Gasteiger partial charge in [0.15, 0.2) is 0 Å². The van der Waals surface area contributed by atoms with Gasteiger partial charge in [-0.3, -0.25) is 4.79 Å². The molecule has 2 N–H and O–H groups in total. The summed E-state index contributed by atoms with van der Waals surface area (Å²) < 4.78 is 5.74. The van der Waals surface area contributed by atoms with Gasteiger partial charge in [0.2, 0.25) is 5.91 Å². The van der Waals surface area contributed by atoms with Crippen LogP contribution in [0.2, 0.25) is 0 Å². The molecule has 0 bridgehead atoms. The zero-order valence-corrected chi connectivity index (χ0v) is 14.7. The molecular weight excluding hydrogens is 312 g/mol. The summed E-state index contributed by atoms with van der Waals surface area (Å²) in [6.07, 6.45) is 1.80. The summed E-state index contributed by atoms with van der Waals surface area (Å²) in [7, 11) is 0. The highest BCUT2D eigenvalue weighted by atomic mass is 16.5. The van der Waals surface area contributed by atoms with Gasteiger partial charge in [-0.2, -0.15) is 0 Å². The normalized spacial score (nSPS) is 20.2. The molecule has 1 aliphatic heterocycles. The fraction of sp³-hybridized carbons (Fsp3) is 0.381. The molecule has 1 aliphatic rings. The van der Waals surface area contributed by atoms with Crippen LogP contribution in [0.3, 0.4) is 0 Å². The number of ether oxygens (including phenoxy) is 1. The van der Waals surface area contributed by atoms with Gasteiger partial charge in [-0.1, -0.05) is 42.5 Å². The van der Waals surface area contributed by atoms with E-state index in [-0.39, 0.29) is 11.8 Å². The number of nitrogens with one attached hydrogen (secondary N) is 2. The lowest BCUT2D eigenvalue weighted by atomic mass is 9.92. The first kappa shape index (κ1) is 17.6. The minimum Gasteiger partial charge on any atom is -0.372 e. The Hall–Kier alpha value is -2.17. The Kier molecular flexibility index (Phi) is 6.20. The fourth-order valence-electron chi connectivity index (χ4n) is 3.16. The van der Waals surface area contributed by atoms with Crippen molar-refractivity contribution >= 4 is 11.6 Å². The predicted octanol–water partition coefficient (Wildman–Crippen LogP) is 3.73. The van der Waals surface area contributed by atoms with Crippen LogP contribution in [-0.2, 0) is 22.7 Å². The van der Waals surface area contributed by atoms with Gasteiger partial charge in [0.1, 0.15) is 0 Å². The van der Waals surface area contributed by atoms with Crippen LogP contribution in [0.15, 0.2) is 54.6 Å². The third-order valence-corrected chi connectivity index (χ3v) is 4.60. The molecule has 0 saturated carbocycles. The summed E-state index contributed by atoms with van der Waals surface area (Å²) in [5, 5.41) is 6.41. The monoisotopic (exact) mass is 338 g/mol. The van der Waals surface area contributed by atoms with Gasteiger partial charge >= 0.3 is 0 Å². The van der Waals surface area contributed by atoms with Gasteiger partial charge in [0.05, 0.1) is 13.2 Å². The van der Waals surface area contributed by atoms with Gasteiger partial charge in [0.25, 0.3) is 0 Å². The Labute approximate surface area is 149 Å². The molecule has 2 aromatic carbocycles. The van der Waals surface area contributed by atoms with Crippen molar-refractivity contribution in [2.75, 3.05) is 11.9 Å². The van der Waals surface area contributed by atoms with Crippen molar-refractivity contribution in [3.05, 3.63) is 65.7 Å². The molecule has 0 aliphatic carbocycles. The van der Waals surface area contributed by atoms with E-state index in [0.29, 0.717) is 19.3 Å². The third-order valence-electron chi connectivity index (χ3n) is 4.60. The van der Waals surface area contributed by atoms with Crippen molar-refractivity contribution < 1.29 is 9.53 Å². The average molecular weight is 338 g/mol.